The van der Waals surface area contributed by atoms with E-state index in [0.717, 1.165) is 40.9 Å². The van der Waals surface area contributed by atoms with Gasteiger partial charge in [0, 0.05) is 38.7 Å². The van der Waals surface area contributed by atoms with Gasteiger partial charge in [0.1, 0.15) is 6.73 Å². The number of nitrogens with zero attached hydrogens (tertiary/aromatic N) is 2. The van der Waals surface area contributed by atoms with Crippen LogP contribution in [0.25, 0.3) is 11.1 Å². The smallest absolute Gasteiger partial charge is 0.139 e. The Hall–Kier alpha value is -1.63. The second-order valence-corrected chi connectivity index (χ2v) is 12.9. The number of nitrogen functional groups attached to an aromatic ring is 1. The summed E-state index contributed by atoms with van der Waals surface area (Å²) in [5.74, 6) is 0. The number of aromatic nitrogens is 2. The van der Waals surface area contributed by atoms with Crippen molar-refractivity contribution < 1.29 is 9.47 Å². The van der Waals surface area contributed by atoms with Crippen LogP contribution in [0.3, 0.4) is 0 Å². The van der Waals surface area contributed by atoms with Crippen molar-refractivity contribution in [1.82, 2.24) is 9.78 Å². The van der Waals surface area contributed by atoms with Crippen LogP contribution < -0.4 is 5.73 Å². The van der Waals surface area contributed by atoms with Gasteiger partial charge in [-0.05, 0) is 30.7 Å². The number of methoxy groups -OCH3 is 1. The number of rotatable bonds is 8. The van der Waals surface area contributed by atoms with Crippen molar-refractivity contribution in [2.24, 2.45) is 0 Å². The SMILES string of the molecule is COCc1nn(COCC[Si](C)(C)C)c(C)c1-c1ccc(N)cc1. The van der Waals surface area contributed by atoms with Crippen LogP contribution in [0.15, 0.2) is 24.3 Å². The normalized spacial score (nSPS) is 11.9. The van der Waals surface area contributed by atoms with Crippen LogP contribution >= 0.6 is 0 Å². The molecule has 0 spiro atoms. The summed E-state index contributed by atoms with van der Waals surface area (Å²) < 4.78 is 13.1. The summed E-state index contributed by atoms with van der Waals surface area (Å²) in [6, 6.07) is 9.02. The standard InChI is InChI=1S/C18H29N3O2Si/c1-14-18(15-6-8-16(19)9-7-15)17(12-22-2)20-21(14)13-23-10-11-24(3,4)5/h6-9H,10-13,19H2,1-5H3. The lowest BCUT2D eigenvalue weighted by Gasteiger charge is -2.15. The molecule has 0 radical (unpaired) electrons. The van der Waals surface area contributed by atoms with Crippen LogP contribution in [0.5, 0.6) is 0 Å². The third kappa shape index (κ3) is 4.93. The number of hydrogen-bond acceptors (Lipinski definition) is 4. The quantitative estimate of drug-likeness (QED) is 0.447. The Balaban J connectivity index is 2.18. The van der Waals surface area contributed by atoms with E-state index in [1.165, 1.54) is 0 Å². The highest BCUT2D eigenvalue weighted by Gasteiger charge is 2.17. The minimum atomic E-state index is -1.07. The van der Waals surface area contributed by atoms with Gasteiger partial charge in [-0.2, -0.15) is 5.10 Å². The summed E-state index contributed by atoms with van der Waals surface area (Å²) in [5, 5.41) is 4.68. The van der Waals surface area contributed by atoms with E-state index in [1.54, 1.807) is 7.11 Å². The molecule has 1 aromatic heterocycles. The Kier molecular flexibility index (Phi) is 6.20. The summed E-state index contributed by atoms with van der Waals surface area (Å²) in [5.41, 5.74) is 10.8. The van der Waals surface area contributed by atoms with Gasteiger partial charge in [0.15, 0.2) is 0 Å². The lowest BCUT2D eigenvalue weighted by molar-refractivity contribution is 0.0760. The summed E-state index contributed by atoms with van der Waals surface area (Å²) in [6.45, 7) is 10.9. The fourth-order valence-corrected chi connectivity index (χ4v) is 3.28. The second-order valence-electron chi connectivity index (χ2n) is 7.31. The molecule has 1 aromatic carbocycles. The molecule has 1 heterocycles. The maximum absolute atomic E-state index is 5.85. The number of hydrogen-bond donors (Lipinski definition) is 1. The third-order valence-electron chi connectivity index (χ3n) is 3.97. The molecule has 2 N–H and O–H groups in total. The van der Waals surface area contributed by atoms with E-state index in [9.17, 15) is 0 Å². The molecule has 0 amide bonds. The highest BCUT2D eigenvalue weighted by molar-refractivity contribution is 6.76. The van der Waals surface area contributed by atoms with Gasteiger partial charge in [0.25, 0.3) is 0 Å². The largest absolute Gasteiger partial charge is 0.399 e. The lowest BCUT2D eigenvalue weighted by atomic mass is 10.0. The maximum atomic E-state index is 5.85. The molecule has 0 saturated carbocycles. The molecule has 24 heavy (non-hydrogen) atoms. The van der Waals surface area contributed by atoms with E-state index >= 15 is 0 Å². The molecule has 0 aliphatic rings. The van der Waals surface area contributed by atoms with Crippen molar-refractivity contribution in [2.45, 2.75) is 45.9 Å². The van der Waals surface area contributed by atoms with Crippen LogP contribution in [0.4, 0.5) is 5.69 Å². The number of ether oxygens (including phenoxy) is 2. The first-order chi connectivity index (χ1) is 11.3. The predicted molar refractivity (Wildman–Crippen MR) is 102 cm³/mol. The Labute approximate surface area is 145 Å². The number of nitrogens with two attached hydrogens (primary N) is 1. The van der Waals surface area contributed by atoms with Gasteiger partial charge in [-0.3, -0.25) is 0 Å². The van der Waals surface area contributed by atoms with Gasteiger partial charge < -0.3 is 15.2 Å². The van der Waals surface area contributed by atoms with E-state index < -0.39 is 8.07 Å². The molecule has 6 heteroatoms. The summed E-state index contributed by atoms with van der Waals surface area (Å²) in [7, 11) is 0.614. The molecule has 0 atom stereocenters. The Bertz CT molecular complexity index is 660. The fraction of sp³-hybridized carbons (Fsp3) is 0.500. The monoisotopic (exact) mass is 347 g/mol. The van der Waals surface area contributed by atoms with E-state index in [-0.39, 0.29) is 0 Å². The first-order valence-electron chi connectivity index (χ1n) is 8.30. The average molecular weight is 348 g/mol. The molecule has 0 aliphatic heterocycles. The summed E-state index contributed by atoms with van der Waals surface area (Å²) in [6.07, 6.45) is 0. The predicted octanol–water partition coefficient (Wildman–Crippen LogP) is 3.90. The van der Waals surface area contributed by atoms with Crippen molar-refractivity contribution >= 4 is 13.8 Å². The van der Waals surface area contributed by atoms with Crippen molar-refractivity contribution in [3.63, 3.8) is 0 Å². The zero-order chi connectivity index (χ0) is 17.7. The van der Waals surface area contributed by atoms with Crippen LogP contribution in [-0.2, 0) is 22.8 Å². The van der Waals surface area contributed by atoms with E-state index in [2.05, 4.69) is 31.7 Å². The minimum Gasteiger partial charge on any atom is -0.399 e. The molecule has 0 unspecified atom stereocenters. The Morgan fingerprint density at radius 1 is 1.17 bits per heavy atom. The van der Waals surface area contributed by atoms with Crippen molar-refractivity contribution in [1.29, 1.82) is 0 Å². The molecule has 5 nitrogen and oxygen atoms in total. The Morgan fingerprint density at radius 3 is 2.42 bits per heavy atom. The van der Waals surface area contributed by atoms with Crippen molar-refractivity contribution in [3.8, 4) is 11.1 Å². The molecular formula is C18H29N3O2Si. The van der Waals surface area contributed by atoms with Gasteiger partial charge in [-0.15, -0.1) is 0 Å². The first kappa shape index (κ1) is 18.7. The molecule has 0 saturated heterocycles. The molecule has 0 bridgehead atoms. The average Bonchev–Trinajstić information content (AvgIpc) is 2.80. The lowest BCUT2D eigenvalue weighted by Crippen LogP contribution is -2.22. The van der Waals surface area contributed by atoms with Gasteiger partial charge >= 0.3 is 0 Å². The topological polar surface area (TPSA) is 62.3 Å². The highest BCUT2D eigenvalue weighted by atomic mass is 28.3. The van der Waals surface area contributed by atoms with Gasteiger partial charge in [-0.1, -0.05) is 31.8 Å². The molecule has 2 rings (SSSR count). The minimum absolute atomic E-state index is 0.474. The molecule has 2 aromatic rings. The zero-order valence-electron chi connectivity index (χ0n) is 15.4. The van der Waals surface area contributed by atoms with E-state index in [4.69, 9.17) is 15.2 Å². The number of anilines is 1. The summed E-state index contributed by atoms with van der Waals surface area (Å²) in [4.78, 5) is 0. The fourth-order valence-electron chi connectivity index (χ4n) is 2.53. The Morgan fingerprint density at radius 2 is 1.83 bits per heavy atom. The molecule has 132 valence electrons. The van der Waals surface area contributed by atoms with Gasteiger partial charge in [0.2, 0.25) is 0 Å². The van der Waals surface area contributed by atoms with Gasteiger partial charge in [0.05, 0.1) is 12.3 Å². The van der Waals surface area contributed by atoms with Crippen LogP contribution in [0, 0.1) is 6.92 Å². The number of benzene rings is 1. The zero-order valence-corrected chi connectivity index (χ0v) is 16.4. The van der Waals surface area contributed by atoms with E-state index in [0.29, 0.717) is 13.3 Å². The molecule has 0 aliphatic carbocycles. The molecule has 0 fully saturated rings. The van der Waals surface area contributed by atoms with Crippen molar-refractivity contribution in [3.05, 3.63) is 35.7 Å². The van der Waals surface area contributed by atoms with E-state index in [1.807, 2.05) is 28.9 Å². The first-order valence-corrected chi connectivity index (χ1v) is 12.0. The van der Waals surface area contributed by atoms with Crippen LogP contribution in [-0.4, -0.2) is 31.6 Å². The van der Waals surface area contributed by atoms with Crippen molar-refractivity contribution in [2.75, 3.05) is 19.5 Å². The molecular weight excluding hydrogens is 318 g/mol. The third-order valence-corrected chi connectivity index (χ3v) is 5.67. The van der Waals surface area contributed by atoms with Gasteiger partial charge in [-0.25, -0.2) is 4.68 Å². The summed E-state index contributed by atoms with van der Waals surface area (Å²) >= 11 is 0. The maximum Gasteiger partial charge on any atom is 0.139 e. The second kappa shape index (κ2) is 7.96. The highest BCUT2D eigenvalue weighted by Crippen LogP contribution is 2.28. The van der Waals surface area contributed by atoms with Crippen LogP contribution in [0.2, 0.25) is 25.7 Å². The van der Waals surface area contributed by atoms with Crippen LogP contribution in [0.1, 0.15) is 11.4 Å².